The molecule has 0 bridgehead atoms. The molecule has 116 valence electrons. The summed E-state index contributed by atoms with van der Waals surface area (Å²) in [6.45, 7) is 9.59. The second-order valence-corrected chi connectivity index (χ2v) is 6.63. The van der Waals surface area contributed by atoms with E-state index in [2.05, 4.69) is 37.2 Å². The number of halogens is 2. The summed E-state index contributed by atoms with van der Waals surface area (Å²) in [6, 6.07) is 3.10. The SMILES string of the molecule is COc1cc2c(cc1F)nc(CCl)n2CC(C)(C)C(C)C. The Bertz CT molecular complexity index is 649. The lowest BCUT2D eigenvalue weighted by atomic mass is 9.81. The molecule has 21 heavy (non-hydrogen) atoms. The minimum Gasteiger partial charge on any atom is -0.494 e. The third kappa shape index (κ3) is 3.00. The van der Waals surface area contributed by atoms with Gasteiger partial charge in [0.2, 0.25) is 0 Å². The number of hydrogen-bond acceptors (Lipinski definition) is 2. The van der Waals surface area contributed by atoms with E-state index in [1.807, 2.05) is 0 Å². The van der Waals surface area contributed by atoms with Crippen molar-refractivity contribution in [3.05, 3.63) is 23.8 Å². The van der Waals surface area contributed by atoms with Crippen molar-refractivity contribution in [2.75, 3.05) is 7.11 Å². The van der Waals surface area contributed by atoms with Crippen molar-refractivity contribution in [3.63, 3.8) is 0 Å². The third-order valence-electron chi connectivity index (χ3n) is 4.35. The predicted octanol–water partition coefficient (Wildman–Crippen LogP) is 4.61. The van der Waals surface area contributed by atoms with Crippen LogP contribution in [0.2, 0.25) is 0 Å². The molecule has 0 unspecified atom stereocenters. The Hall–Kier alpha value is -1.29. The highest BCUT2D eigenvalue weighted by Gasteiger charge is 2.25. The van der Waals surface area contributed by atoms with Gasteiger partial charge in [-0.3, -0.25) is 0 Å². The number of alkyl halides is 1. The fourth-order valence-corrected chi connectivity index (χ4v) is 2.41. The van der Waals surface area contributed by atoms with E-state index < -0.39 is 5.82 Å². The molecule has 0 saturated heterocycles. The van der Waals surface area contributed by atoms with Crippen molar-refractivity contribution in [1.82, 2.24) is 9.55 Å². The molecule has 0 saturated carbocycles. The van der Waals surface area contributed by atoms with E-state index in [1.54, 1.807) is 6.07 Å². The Morgan fingerprint density at radius 2 is 2.05 bits per heavy atom. The summed E-state index contributed by atoms with van der Waals surface area (Å²) in [5.74, 6) is 1.38. The quantitative estimate of drug-likeness (QED) is 0.754. The number of aromatic nitrogens is 2. The highest BCUT2D eigenvalue weighted by Crippen LogP contribution is 2.32. The average molecular weight is 313 g/mol. The maximum Gasteiger partial charge on any atom is 0.167 e. The number of rotatable bonds is 5. The Labute approximate surface area is 130 Å². The first-order valence-electron chi connectivity index (χ1n) is 7.08. The molecule has 2 aromatic rings. The molecule has 0 spiro atoms. The van der Waals surface area contributed by atoms with Gasteiger partial charge in [0.05, 0.1) is 24.0 Å². The summed E-state index contributed by atoms with van der Waals surface area (Å²) in [7, 11) is 1.46. The van der Waals surface area contributed by atoms with E-state index in [9.17, 15) is 4.39 Å². The number of benzene rings is 1. The van der Waals surface area contributed by atoms with Crippen LogP contribution in [-0.2, 0) is 12.4 Å². The molecule has 0 amide bonds. The summed E-state index contributed by atoms with van der Waals surface area (Å²) in [5, 5.41) is 0. The number of fused-ring (bicyclic) bond motifs is 1. The van der Waals surface area contributed by atoms with E-state index in [1.165, 1.54) is 13.2 Å². The van der Waals surface area contributed by atoms with Crippen molar-refractivity contribution in [1.29, 1.82) is 0 Å². The minimum atomic E-state index is -0.404. The van der Waals surface area contributed by atoms with Crippen molar-refractivity contribution >= 4 is 22.6 Å². The lowest BCUT2D eigenvalue weighted by Crippen LogP contribution is -2.26. The lowest BCUT2D eigenvalue weighted by Gasteiger charge is -2.30. The van der Waals surface area contributed by atoms with E-state index in [0.29, 0.717) is 17.3 Å². The van der Waals surface area contributed by atoms with Crippen LogP contribution in [0.3, 0.4) is 0 Å². The monoisotopic (exact) mass is 312 g/mol. The average Bonchev–Trinajstić information content (AvgIpc) is 2.74. The molecule has 1 aromatic carbocycles. The normalized spacial score (nSPS) is 12.4. The van der Waals surface area contributed by atoms with Gasteiger partial charge < -0.3 is 9.30 Å². The number of imidazole rings is 1. The molecule has 0 radical (unpaired) electrons. The van der Waals surface area contributed by atoms with E-state index in [0.717, 1.165) is 17.9 Å². The molecule has 0 fully saturated rings. The van der Waals surface area contributed by atoms with Crippen molar-refractivity contribution in [2.24, 2.45) is 11.3 Å². The lowest BCUT2D eigenvalue weighted by molar-refractivity contribution is 0.211. The third-order valence-corrected chi connectivity index (χ3v) is 4.59. The maximum absolute atomic E-state index is 13.8. The van der Waals surface area contributed by atoms with Crippen molar-refractivity contribution in [2.45, 2.75) is 40.1 Å². The molecule has 3 nitrogen and oxygen atoms in total. The Morgan fingerprint density at radius 1 is 1.38 bits per heavy atom. The molecule has 2 rings (SSSR count). The van der Waals surface area contributed by atoms with E-state index >= 15 is 0 Å². The Kier molecular flexibility index (Phi) is 4.47. The molecule has 1 heterocycles. The fourth-order valence-electron chi connectivity index (χ4n) is 2.20. The van der Waals surface area contributed by atoms with Gasteiger partial charge in [-0.25, -0.2) is 9.37 Å². The first-order chi connectivity index (χ1) is 9.80. The molecular formula is C16H22ClFN2O. The zero-order valence-corrected chi connectivity index (χ0v) is 14.0. The zero-order chi connectivity index (χ0) is 15.8. The van der Waals surface area contributed by atoms with Gasteiger partial charge >= 0.3 is 0 Å². The van der Waals surface area contributed by atoms with Gasteiger partial charge in [0, 0.05) is 18.7 Å². The molecule has 0 atom stereocenters. The van der Waals surface area contributed by atoms with Crippen LogP contribution in [0.25, 0.3) is 11.0 Å². The fraction of sp³-hybridized carbons (Fsp3) is 0.562. The topological polar surface area (TPSA) is 27.1 Å². The first-order valence-corrected chi connectivity index (χ1v) is 7.62. The van der Waals surface area contributed by atoms with Gasteiger partial charge in [0.15, 0.2) is 11.6 Å². The highest BCUT2D eigenvalue weighted by molar-refractivity contribution is 6.16. The van der Waals surface area contributed by atoms with Crippen LogP contribution in [0.5, 0.6) is 5.75 Å². The smallest absolute Gasteiger partial charge is 0.167 e. The van der Waals surface area contributed by atoms with Gasteiger partial charge in [-0.15, -0.1) is 11.6 Å². The standard InChI is InChI=1S/C16H22ClFN2O/c1-10(2)16(3,4)9-20-13-7-14(21-5)11(18)6-12(13)19-15(20)8-17/h6-7,10H,8-9H2,1-5H3. The molecule has 0 aliphatic heterocycles. The summed E-state index contributed by atoms with van der Waals surface area (Å²) in [5.41, 5.74) is 1.55. The highest BCUT2D eigenvalue weighted by atomic mass is 35.5. The summed E-state index contributed by atoms with van der Waals surface area (Å²) >= 11 is 6.02. The van der Waals surface area contributed by atoms with Gasteiger partial charge in [0.1, 0.15) is 5.82 Å². The van der Waals surface area contributed by atoms with Crippen LogP contribution >= 0.6 is 11.6 Å². The van der Waals surface area contributed by atoms with Gasteiger partial charge in [-0.05, 0) is 11.3 Å². The van der Waals surface area contributed by atoms with Crippen LogP contribution in [0.1, 0.15) is 33.5 Å². The zero-order valence-electron chi connectivity index (χ0n) is 13.2. The van der Waals surface area contributed by atoms with Crippen molar-refractivity contribution < 1.29 is 9.13 Å². The molecule has 5 heteroatoms. The van der Waals surface area contributed by atoms with Gasteiger partial charge in [0.25, 0.3) is 0 Å². The van der Waals surface area contributed by atoms with Crippen LogP contribution in [0, 0.1) is 17.2 Å². The molecule has 0 N–H and O–H groups in total. The van der Waals surface area contributed by atoms with Crippen LogP contribution in [-0.4, -0.2) is 16.7 Å². The maximum atomic E-state index is 13.8. The largest absolute Gasteiger partial charge is 0.494 e. The molecule has 0 aliphatic carbocycles. The van der Waals surface area contributed by atoms with Gasteiger partial charge in [-0.1, -0.05) is 27.7 Å². The van der Waals surface area contributed by atoms with Crippen LogP contribution in [0.15, 0.2) is 12.1 Å². The number of nitrogens with zero attached hydrogens (tertiary/aromatic N) is 2. The molecule has 0 aliphatic rings. The Balaban J connectivity index is 2.60. The predicted molar refractivity (Wildman–Crippen MR) is 84.4 cm³/mol. The minimum absolute atomic E-state index is 0.0794. The number of methoxy groups -OCH3 is 1. The van der Waals surface area contributed by atoms with E-state index in [4.69, 9.17) is 16.3 Å². The van der Waals surface area contributed by atoms with Crippen LogP contribution in [0.4, 0.5) is 4.39 Å². The Morgan fingerprint density at radius 3 is 2.57 bits per heavy atom. The van der Waals surface area contributed by atoms with Crippen LogP contribution < -0.4 is 4.74 Å². The summed E-state index contributed by atoms with van der Waals surface area (Å²) in [4.78, 5) is 4.45. The summed E-state index contributed by atoms with van der Waals surface area (Å²) in [6.07, 6.45) is 0. The second kappa shape index (κ2) is 5.84. The number of hydrogen-bond donors (Lipinski definition) is 0. The molecular weight excluding hydrogens is 291 g/mol. The number of ether oxygens (including phenoxy) is 1. The van der Waals surface area contributed by atoms with E-state index in [-0.39, 0.29) is 11.2 Å². The summed E-state index contributed by atoms with van der Waals surface area (Å²) < 4.78 is 21.0. The molecule has 1 aromatic heterocycles. The second-order valence-electron chi connectivity index (χ2n) is 6.37. The first kappa shape index (κ1) is 16.1. The van der Waals surface area contributed by atoms with Crippen molar-refractivity contribution in [3.8, 4) is 5.75 Å². The van der Waals surface area contributed by atoms with Gasteiger partial charge in [-0.2, -0.15) is 0 Å².